The van der Waals surface area contributed by atoms with Gasteiger partial charge in [0.25, 0.3) is 0 Å². The maximum Gasteiger partial charge on any atom is 0.0647 e. The number of hydrogen-bond acceptors (Lipinski definition) is 1. The average molecular weight is 298 g/mol. The topological polar surface area (TPSA) is 20.2 Å². The van der Waals surface area contributed by atoms with E-state index in [1.54, 1.807) is 5.57 Å². The van der Waals surface area contributed by atoms with Crippen LogP contribution in [0.15, 0.2) is 34.9 Å². The second-order valence-corrected chi connectivity index (χ2v) is 8.25. The smallest absolute Gasteiger partial charge is 0.0647 e. The lowest BCUT2D eigenvalue weighted by Gasteiger charge is -2.53. The van der Waals surface area contributed by atoms with Gasteiger partial charge in [-0.15, -0.1) is 0 Å². The molecule has 2 fully saturated rings. The van der Waals surface area contributed by atoms with Crippen molar-refractivity contribution < 1.29 is 5.11 Å². The predicted octanol–water partition coefficient (Wildman–Crippen LogP) is 5.03. The van der Waals surface area contributed by atoms with Gasteiger partial charge in [0, 0.05) is 0 Å². The Balaban J connectivity index is 1.72. The van der Waals surface area contributed by atoms with Crippen LogP contribution in [-0.2, 0) is 0 Å². The standard InChI is InChI=1S/C21H30O/c1-3-15-8-9-20-19-12-14(13-22)16-6-4-5-7-17(16)18(19)10-11-21(15,20)2/h3-4,6,17-20,22H,5,7-13H2,1-2H3/t17-,18+,19+,20-,21+/m0/s1. The van der Waals surface area contributed by atoms with E-state index in [0.717, 1.165) is 30.1 Å². The minimum atomic E-state index is 0.277. The molecule has 1 N–H and O–H groups in total. The highest BCUT2D eigenvalue weighted by molar-refractivity contribution is 5.36. The molecule has 1 heteroatoms. The molecule has 0 spiro atoms. The molecule has 0 aliphatic heterocycles. The van der Waals surface area contributed by atoms with Gasteiger partial charge < -0.3 is 5.11 Å². The van der Waals surface area contributed by atoms with Crippen LogP contribution in [0.4, 0.5) is 0 Å². The van der Waals surface area contributed by atoms with Gasteiger partial charge in [0.05, 0.1) is 6.61 Å². The van der Waals surface area contributed by atoms with Crippen molar-refractivity contribution in [3.63, 3.8) is 0 Å². The lowest BCUT2D eigenvalue weighted by molar-refractivity contribution is 0.0251. The van der Waals surface area contributed by atoms with Gasteiger partial charge in [0.15, 0.2) is 0 Å². The van der Waals surface area contributed by atoms with E-state index in [4.69, 9.17) is 0 Å². The summed E-state index contributed by atoms with van der Waals surface area (Å²) in [5.41, 5.74) is 5.06. The zero-order valence-corrected chi connectivity index (χ0v) is 14.1. The number of aliphatic hydroxyl groups is 1. The molecule has 0 aromatic heterocycles. The van der Waals surface area contributed by atoms with Gasteiger partial charge in [-0.3, -0.25) is 0 Å². The third kappa shape index (κ3) is 1.94. The molecule has 4 aliphatic rings. The molecular formula is C21H30O. The Morgan fingerprint density at radius 1 is 1.27 bits per heavy atom. The Morgan fingerprint density at radius 3 is 2.91 bits per heavy atom. The molecule has 0 unspecified atom stereocenters. The van der Waals surface area contributed by atoms with Gasteiger partial charge in [-0.2, -0.15) is 0 Å². The van der Waals surface area contributed by atoms with Gasteiger partial charge in [-0.05, 0) is 92.1 Å². The first-order valence-electron chi connectivity index (χ1n) is 9.34. The number of aliphatic hydroxyl groups excluding tert-OH is 1. The highest BCUT2D eigenvalue weighted by Gasteiger charge is 2.54. The molecule has 0 bridgehead atoms. The van der Waals surface area contributed by atoms with Crippen molar-refractivity contribution in [1.82, 2.24) is 0 Å². The van der Waals surface area contributed by atoms with Crippen molar-refractivity contribution in [1.29, 1.82) is 0 Å². The van der Waals surface area contributed by atoms with E-state index < -0.39 is 0 Å². The third-order valence-corrected chi connectivity index (χ3v) is 7.63. The fraction of sp³-hybridized carbons (Fsp3) is 0.714. The first-order valence-corrected chi connectivity index (χ1v) is 9.34. The highest BCUT2D eigenvalue weighted by Crippen LogP contribution is 2.63. The monoisotopic (exact) mass is 298 g/mol. The average Bonchev–Trinajstić information content (AvgIpc) is 2.90. The van der Waals surface area contributed by atoms with E-state index in [1.807, 2.05) is 0 Å². The van der Waals surface area contributed by atoms with Crippen LogP contribution in [-0.4, -0.2) is 11.7 Å². The Bertz CT molecular complexity index is 552. The molecule has 1 nitrogen and oxygen atoms in total. The van der Waals surface area contributed by atoms with E-state index in [1.165, 1.54) is 49.7 Å². The molecule has 120 valence electrons. The maximum absolute atomic E-state index is 9.92. The molecule has 2 saturated carbocycles. The molecule has 22 heavy (non-hydrogen) atoms. The summed E-state index contributed by atoms with van der Waals surface area (Å²) in [5, 5.41) is 9.92. The Labute approximate surface area is 135 Å². The molecule has 5 atom stereocenters. The second-order valence-electron chi connectivity index (χ2n) is 8.25. The van der Waals surface area contributed by atoms with Crippen molar-refractivity contribution in [2.45, 2.75) is 58.8 Å². The van der Waals surface area contributed by atoms with E-state index in [2.05, 4.69) is 32.1 Å². The third-order valence-electron chi connectivity index (χ3n) is 7.63. The Kier molecular flexibility index (Phi) is 3.60. The summed E-state index contributed by atoms with van der Waals surface area (Å²) in [6.45, 7) is 5.05. The summed E-state index contributed by atoms with van der Waals surface area (Å²) in [7, 11) is 0. The SMILES string of the molecule is CC=C1CC[C@H]2[C@@H]3CC(CO)=C4C=CCC[C@@H]4[C@H]3CC[C@]12C. The largest absolute Gasteiger partial charge is 0.392 e. The molecule has 0 amide bonds. The molecule has 0 saturated heterocycles. The minimum Gasteiger partial charge on any atom is -0.392 e. The van der Waals surface area contributed by atoms with Crippen molar-refractivity contribution in [3.8, 4) is 0 Å². The number of rotatable bonds is 1. The van der Waals surface area contributed by atoms with Gasteiger partial charge in [0.1, 0.15) is 0 Å². The fourth-order valence-electron chi connectivity index (χ4n) is 6.58. The second kappa shape index (κ2) is 5.37. The van der Waals surface area contributed by atoms with Crippen LogP contribution in [0.25, 0.3) is 0 Å². The molecule has 0 aromatic carbocycles. The molecule has 0 radical (unpaired) electrons. The highest BCUT2D eigenvalue weighted by atomic mass is 16.3. The summed E-state index contributed by atoms with van der Waals surface area (Å²) in [5.74, 6) is 3.29. The molecular weight excluding hydrogens is 268 g/mol. The molecule has 4 aliphatic carbocycles. The first-order chi connectivity index (χ1) is 10.7. The Morgan fingerprint density at radius 2 is 2.14 bits per heavy atom. The number of allylic oxidation sites excluding steroid dienone is 5. The fourth-order valence-corrected chi connectivity index (χ4v) is 6.58. The normalized spacial score (nSPS) is 45.7. The van der Waals surface area contributed by atoms with E-state index >= 15 is 0 Å². The lowest BCUT2D eigenvalue weighted by Crippen LogP contribution is -2.44. The van der Waals surface area contributed by atoms with Crippen molar-refractivity contribution >= 4 is 0 Å². The van der Waals surface area contributed by atoms with Crippen molar-refractivity contribution in [2.24, 2.45) is 29.1 Å². The molecule has 0 heterocycles. The lowest BCUT2D eigenvalue weighted by atomic mass is 9.52. The molecule has 4 rings (SSSR count). The first kappa shape index (κ1) is 14.8. The summed E-state index contributed by atoms with van der Waals surface area (Å²) in [6.07, 6.45) is 16.3. The summed E-state index contributed by atoms with van der Waals surface area (Å²) in [6, 6.07) is 0. The number of fused-ring (bicyclic) bond motifs is 5. The zero-order chi connectivity index (χ0) is 15.3. The van der Waals surface area contributed by atoms with Crippen LogP contribution in [0.2, 0.25) is 0 Å². The van der Waals surface area contributed by atoms with Crippen LogP contribution in [0.3, 0.4) is 0 Å². The maximum atomic E-state index is 9.92. The van der Waals surface area contributed by atoms with Gasteiger partial charge >= 0.3 is 0 Å². The van der Waals surface area contributed by atoms with Gasteiger partial charge in [0.2, 0.25) is 0 Å². The van der Waals surface area contributed by atoms with E-state index in [-0.39, 0.29) is 6.61 Å². The molecule has 0 aromatic rings. The van der Waals surface area contributed by atoms with Gasteiger partial charge in [-0.25, -0.2) is 0 Å². The van der Waals surface area contributed by atoms with E-state index in [9.17, 15) is 5.11 Å². The minimum absolute atomic E-state index is 0.277. The van der Waals surface area contributed by atoms with Crippen LogP contribution in [0.5, 0.6) is 0 Å². The van der Waals surface area contributed by atoms with Crippen molar-refractivity contribution in [2.75, 3.05) is 6.61 Å². The zero-order valence-electron chi connectivity index (χ0n) is 14.1. The quantitative estimate of drug-likeness (QED) is 0.673. The number of hydrogen-bond donors (Lipinski definition) is 1. The van der Waals surface area contributed by atoms with Crippen LogP contribution < -0.4 is 0 Å². The summed E-state index contributed by atoms with van der Waals surface area (Å²) >= 11 is 0. The van der Waals surface area contributed by atoms with Crippen LogP contribution in [0.1, 0.15) is 58.8 Å². The van der Waals surface area contributed by atoms with Crippen molar-refractivity contribution in [3.05, 3.63) is 34.9 Å². The van der Waals surface area contributed by atoms with Crippen LogP contribution in [0, 0.1) is 29.1 Å². The summed E-state index contributed by atoms with van der Waals surface area (Å²) in [4.78, 5) is 0. The van der Waals surface area contributed by atoms with Crippen LogP contribution >= 0.6 is 0 Å². The van der Waals surface area contributed by atoms with E-state index in [0.29, 0.717) is 5.41 Å². The predicted molar refractivity (Wildman–Crippen MR) is 91.4 cm³/mol. The summed E-state index contributed by atoms with van der Waals surface area (Å²) < 4.78 is 0. The van der Waals surface area contributed by atoms with Gasteiger partial charge in [-0.1, -0.05) is 30.7 Å². The Hall–Kier alpha value is -0.820.